The van der Waals surface area contributed by atoms with E-state index >= 15 is 0 Å². The van der Waals surface area contributed by atoms with Gasteiger partial charge in [0.15, 0.2) is 0 Å². The van der Waals surface area contributed by atoms with Crippen molar-refractivity contribution < 1.29 is 0 Å². The summed E-state index contributed by atoms with van der Waals surface area (Å²) in [5.74, 6) is 0. The molecule has 0 fully saturated rings. The fraction of sp³-hybridized carbons (Fsp3) is 0. The van der Waals surface area contributed by atoms with Crippen molar-refractivity contribution in [3.05, 3.63) is 170 Å². The molecule has 0 aliphatic carbocycles. The minimum absolute atomic E-state index is 1.23. The normalized spacial score (nSPS) is 11.8. The van der Waals surface area contributed by atoms with Crippen molar-refractivity contribution in [3.8, 4) is 33.4 Å². The van der Waals surface area contributed by atoms with Crippen LogP contribution in [0.5, 0.6) is 0 Å². The molecule has 1 heteroatoms. The quantitative estimate of drug-likeness (QED) is 0.174. The van der Waals surface area contributed by atoms with E-state index in [1.807, 2.05) is 11.3 Å². The molecule has 10 aromatic rings. The fourth-order valence-electron chi connectivity index (χ4n) is 7.71. The Kier molecular flexibility index (Phi) is 5.85. The first-order valence-corrected chi connectivity index (χ1v) is 17.0. The number of rotatable bonds is 3. The predicted octanol–water partition coefficient (Wildman–Crippen LogP) is 13.7. The summed E-state index contributed by atoms with van der Waals surface area (Å²) in [4.78, 5) is 0. The largest absolute Gasteiger partial charge is 0.135 e. The van der Waals surface area contributed by atoms with E-state index in [1.165, 1.54) is 96.6 Å². The lowest BCUT2D eigenvalue weighted by Crippen LogP contribution is -1.91. The summed E-state index contributed by atoms with van der Waals surface area (Å²) in [7, 11) is 0. The van der Waals surface area contributed by atoms with Crippen molar-refractivity contribution >= 4 is 74.6 Å². The third-order valence-electron chi connectivity index (χ3n) is 9.82. The van der Waals surface area contributed by atoms with Crippen LogP contribution in [0, 0.1) is 0 Å². The molecule has 9 aromatic carbocycles. The van der Waals surface area contributed by atoms with Crippen molar-refractivity contribution in [3.63, 3.8) is 0 Å². The van der Waals surface area contributed by atoms with Gasteiger partial charge in [-0.15, -0.1) is 11.3 Å². The Balaban J connectivity index is 1.19. The first-order valence-electron chi connectivity index (χ1n) is 16.2. The van der Waals surface area contributed by atoms with E-state index < -0.39 is 0 Å². The van der Waals surface area contributed by atoms with Crippen molar-refractivity contribution in [1.82, 2.24) is 0 Å². The maximum absolute atomic E-state index is 2.41. The van der Waals surface area contributed by atoms with E-state index in [4.69, 9.17) is 0 Å². The molecule has 0 nitrogen and oxygen atoms in total. The highest BCUT2D eigenvalue weighted by Gasteiger charge is 2.17. The zero-order valence-corrected chi connectivity index (χ0v) is 26.4. The topological polar surface area (TPSA) is 0 Å². The van der Waals surface area contributed by atoms with Gasteiger partial charge in [-0.05, 0) is 89.3 Å². The second-order valence-electron chi connectivity index (χ2n) is 12.4. The lowest BCUT2D eigenvalue weighted by Gasteiger charge is -2.18. The molecule has 10 rings (SSSR count). The summed E-state index contributed by atoms with van der Waals surface area (Å²) in [6.07, 6.45) is 0. The van der Waals surface area contributed by atoms with Crippen LogP contribution in [0.25, 0.3) is 96.6 Å². The van der Waals surface area contributed by atoms with Crippen LogP contribution in [0.4, 0.5) is 0 Å². The van der Waals surface area contributed by atoms with Gasteiger partial charge in [0.25, 0.3) is 0 Å². The first kappa shape index (κ1) is 26.5. The van der Waals surface area contributed by atoms with Gasteiger partial charge in [-0.2, -0.15) is 0 Å². The van der Waals surface area contributed by atoms with E-state index in [2.05, 4.69) is 170 Å². The molecule has 0 aliphatic heterocycles. The van der Waals surface area contributed by atoms with Crippen LogP contribution < -0.4 is 0 Å². The third kappa shape index (κ3) is 4.07. The molecule has 0 saturated carbocycles. The molecule has 1 aromatic heterocycles. The number of fused-ring (bicyclic) bond motifs is 9. The second kappa shape index (κ2) is 10.4. The Labute approximate surface area is 276 Å². The smallest absolute Gasteiger partial charge is 0.0434 e. The molecule has 0 amide bonds. The molecule has 0 aliphatic rings. The van der Waals surface area contributed by atoms with Crippen LogP contribution in [0.2, 0.25) is 0 Å². The van der Waals surface area contributed by atoms with Crippen LogP contribution in [0.3, 0.4) is 0 Å². The van der Waals surface area contributed by atoms with Gasteiger partial charge in [-0.3, -0.25) is 0 Å². The predicted molar refractivity (Wildman–Crippen MR) is 206 cm³/mol. The van der Waals surface area contributed by atoms with Crippen LogP contribution in [-0.2, 0) is 0 Å². The Morgan fingerprint density at radius 3 is 1.57 bits per heavy atom. The zero-order valence-electron chi connectivity index (χ0n) is 25.6. The van der Waals surface area contributed by atoms with E-state index in [-0.39, 0.29) is 0 Å². The van der Waals surface area contributed by atoms with Gasteiger partial charge in [0.05, 0.1) is 0 Å². The lowest BCUT2D eigenvalue weighted by molar-refractivity contribution is 1.63. The summed E-state index contributed by atoms with van der Waals surface area (Å²) >= 11 is 1.91. The molecule has 1 heterocycles. The Bertz CT molecular complexity index is 2780. The first-order chi connectivity index (χ1) is 23.3. The molecule has 0 radical (unpaired) electrons. The van der Waals surface area contributed by atoms with Gasteiger partial charge in [-0.1, -0.05) is 152 Å². The van der Waals surface area contributed by atoms with E-state index in [1.54, 1.807) is 0 Å². The lowest BCUT2D eigenvalue weighted by atomic mass is 9.85. The molecule has 218 valence electrons. The summed E-state index contributed by atoms with van der Waals surface area (Å²) < 4.78 is 2.71. The van der Waals surface area contributed by atoms with Gasteiger partial charge < -0.3 is 0 Å². The number of hydrogen-bond acceptors (Lipinski definition) is 1. The third-order valence-corrected chi connectivity index (χ3v) is 11.0. The average molecular weight is 613 g/mol. The average Bonchev–Trinajstić information content (AvgIpc) is 3.54. The minimum Gasteiger partial charge on any atom is -0.135 e. The van der Waals surface area contributed by atoms with E-state index in [9.17, 15) is 0 Å². The highest BCUT2D eigenvalue weighted by Crippen LogP contribution is 2.45. The van der Waals surface area contributed by atoms with Crippen LogP contribution in [0.1, 0.15) is 0 Å². The van der Waals surface area contributed by atoms with Crippen molar-refractivity contribution in [1.29, 1.82) is 0 Å². The monoisotopic (exact) mass is 612 g/mol. The number of hydrogen-bond donors (Lipinski definition) is 0. The van der Waals surface area contributed by atoms with Gasteiger partial charge in [0.2, 0.25) is 0 Å². The fourth-order valence-corrected chi connectivity index (χ4v) is 8.96. The molecule has 0 saturated heterocycles. The molecule has 47 heavy (non-hydrogen) atoms. The van der Waals surface area contributed by atoms with E-state index in [0.717, 1.165) is 0 Å². The van der Waals surface area contributed by atoms with Crippen molar-refractivity contribution in [2.75, 3.05) is 0 Å². The van der Waals surface area contributed by atoms with Crippen LogP contribution >= 0.6 is 11.3 Å². The highest BCUT2D eigenvalue weighted by atomic mass is 32.1. The van der Waals surface area contributed by atoms with Crippen molar-refractivity contribution in [2.45, 2.75) is 0 Å². The maximum Gasteiger partial charge on any atom is 0.0434 e. The highest BCUT2D eigenvalue weighted by molar-refractivity contribution is 7.26. The molecular weight excluding hydrogens is 585 g/mol. The van der Waals surface area contributed by atoms with Crippen LogP contribution in [-0.4, -0.2) is 0 Å². The zero-order chi connectivity index (χ0) is 30.9. The standard InChI is InChI=1S/C46H28S/c1-2-12-31(13-3-1)43-36-17-6-8-19-38(36)44(39-20-9-7-18-37(39)43)34-15-10-14-32(27-34)33-22-21-30-23-25-40-45-35-16-5-4-11-29(35)24-26-42(45)47-46(40)41(30)28-33/h1-28H. The minimum atomic E-state index is 1.23. The van der Waals surface area contributed by atoms with Gasteiger partial charge in [-0.25, -0.2) is 0 Å². The SMILES string of the molecule is c1ccc(-c2c3ccccc3c(-c3cccc(-c4ccc5ccc6c(sc7ccc8ccccc8c76)c5c4)c3)c3ccccc23)cc1. The maximum atomic E-state index is 2.41. The molecular formula is C46H28S. The van der Waals surface area contributed by atoms with Gasteiger partial charge in [0.1, 0.15) is 0 Å². The molecule has 0 unspecified atom stereocenters. The Morgan fingerprint density at radius 2 is 0.830 bits per heavy atom. The molecule has 0 spiro atoms. The van der Waals surface area contributed by atoms with Crippen molar-refractivity contribution in [2.24, 2.45) is 0 Å². The Hall–Kier alpha value is -5.76. The summed E-state index contributed by atoms with van der Waals surface area (Å²) in [6.45, 7) is 0. The molecule has 0 atom stereocenters. The summed E-state index contributed by atoms with van der Waals surface area (Å²) in [5.41, 5.74) is 7.54. The number of thiophene rings is 1. The van der Waals surface area contributed by atoms with Crippen LogP contribution in [0.15, 0.2) is 170 Å². The van der Waals surface area contributed by atoms with E-state index in [0.29, 0.717) is 0 Å². The van der Waals surface area contributed by atoms with Gasteiger partial charge >= 0.3 is 0 Å². The van der Waals surface area contributed by atoms with Gasteiger partial charge in [0, 0.05) is 25.6 Å². The molecule has 0 N–H and O–H groups in total. The Morgan fingerprint density at radius 1 is 0.298 bits per heavy atom. The number of benzene rings is 9. The summed E-state index contributed by atoms with van der Waals surface area (Å²) in [5, 5.41) is 13.1. The summed E-state index contributed by atoms with van der Waals surface area (Å²) in [6, 6.07) is 62.6. The second-order valence-corrected chi connectivity index (χ2v) is 13.5. The molecule has 0 bridgehead atoms.